The largest absolute Gasteiger partial charge is 0.494 e. The molecule has 6 nitrogen and oxygen atoms in total. The number of nitrogens with one attached hydrogen (secondary N) is 1. The average Bonchev–Trinajstić information content (AvgIpc) is 3.19. The van der Waals surface area contributed by atoms with Gasteiger partial charge in [0.25, 0.3) is 0 Å². The molecular formula is C26H46N4O2. The van der Waals surface area contributed by atoms with Crippen molar-refractivity contribution in [3.05, 3.63) is 18.0 Å². The van der Waals surface area contributed by atoms with Crippen LogP contribution in [0.4, 0.5) is 0 Å². The van der Waals surface area contributed by atoms with Gasteiger partial charge in [-0.1, -0.05) is 83.1 Å². The Morgan fingerprint density at radius 1 is 0.969 bits per heavy atom. The van der Waals surface area contributed by atoms with Gasteiger partial charge in [-0.15, -0.1) is 0 Å². The highest BCUT2D eigenvalue weighted by Gasteiger charge is 2.51. The molecule has 0 aliphatic rings. The maximum absolute atomic E-state index is 11.3. The molecule has 0 aliphatic carbocycles. The van der Waals surface area contributed by atoms with Gasteiger partial charge in [-0.05, 0) is 40.4 Å². The summed E-state index contributed by atoms with van der Waals surface area (Å²) in [6, 6.07) is 1.69. The summed E-state index contributed by atoms with van der Waals surface area (Å²) in [4.78, 5) is 4.11. The number of aromatic amines is 1. The minimum atomic E-state index is -0.415. The van der Waals surface area contributed by atoms with Crippen LogP contribution in [0.2, 0.25) is 0 Å². The zero-order valence-electron chi connectivity index (χ0n) is 22.4. The lowest BCUT2D eigenvalue weighted by Crippen LogP contribution is -2.47. The molecule has 0 saturated heterocycles. The van der Waals surface area contributed by atoms with Crippen molar-refractivity contribution in [2.45, 2.75) is 101 Å². The number of hydrogen-bond acceptors (Lipinski definition) is 4. The summed E-state index contributed by atoms with van der Waals surface area (Å²) >= 11 is 0. The number of nitrogens with zero attached hydrogens (tertiary/aromatic N) is 3. The minimum absolute atomic E-state index is 0.00743. The first-order valence-corrected chi connectivity index (χ1v) is 11.7. The summed E-state index contributed by atoms with van der Waals surface area (Å²) in [5, 5.41) is 28.6. The topological polar surface area (TPSA) is 87.0 Å². The third-order valence-corrected chi connectivity index (χ3v) is 8.51. The molecule has 2 aromatic heterocycles. The second kappa shape index (κ2) is 8.11. The maximum Gasteiger partial charge on any atom is 0.235 e. The van der Waals surface area contributed by atoms with Gasteiger partial charge in [0.2, 0.25) is 17.7 Å². The first-order valence-electron chi connectivity index (χ1n) is 11.7. The zero-order chi connectivity index (χ0) is 24.9. The van der Waals surface area contributed by atoms with Crippen molar-refractivity contribution in [1.29, 1.82) is 0 Å². The molecule has 0 spiro atoms. The van der Waals surface area contributed by atoms with Gasteiger partial charge in [0.05, 0.1) is 0 Å². The molecule has 6 heteroatoms. The standard InChI is InChI=1S/C26H46N4O2/c1-17(14-22(2,3)4)25(10,11)24(8,9)15-26(12,23(5,6)7)18-13-19(31)30(20(18)32)21-27-16-28-29-21/h13,16-17,31-32H,14-15H2,1-12H3,(H,27,28,29). The van der Waals surface area contributed by atoms with E-state index in [0.717, 1.165) is 18.4 Å². The van der Waals surface area contributed by atoms with E-state index in [0.29, 0.717) is 11.9 Å². The Labute approximate surface area is 194 Å². The predicted octanol–water partition coefficient (Wildman–Crippen LogP) is 6.83. The van der Waals surface area contributed by atoms with Crippen LogP contribution in [0.5, 0.6) is 11.8 Å². The quantitative estimate of drug-likeness (QED) is 0.435. The molecule has 0 radical (unpaired) electrons. The monoisotopic (exact) mass is 446 g/mol. The second-order valence-electron chi connectivity index (χ2n) is 13.4. The third kappa shape index (κ3) is 4.69. The van der Waals surface area contributed by atoms with Crippen molar-refractivity contribution in [3.63, 3.8) is 0 Å². The van der Waals surface area contributed by atoms with Crippen molar-refractivity contribution in [3.8, 4) is 17.7 Å². The molecule has 2 aromatic rings. The maximum atomic E-state index is 11.3. The molecular weight excluding hydrogens is 400 g/mol. The lowest BCUT2D eigenvalue weighted by molar-refractivity contribution is -0.0146. The Balaban J connectivity index is 2.57. The molecule has 2 atom stereocenters. The number of hydrogen-bond donors (Lipinski definition) is 3. The summed E-state index contributed by atoms with van der Waals surface area (Å²) in [7, 11) is 0. The summed E-state index contributed by atoms with van der Waals surface area (Å²) in [6.07, 6.45) is 3.35. The van der Waals surface area contributed by atoms with Crippen LogP contribution in [0.3, 0.4) is 0 Å². The number of rotatable bonds is 7. The van der Waals surface area contributed by atoms with E-state index >= 15 is 0 Å². The first kappa shape index (κ1) is 26.3. The van der Waals surface area contributed by atoms with Crippen molar-refractivity contribution < 1.29 is 10.2 Å². The number of H-pyrrole nitrogens is 1. The summed E-state index contributed by atoms with van der Waals surface area (Å²) in [5.41, 5.74) is 0.408. The van der Waals surface area contributed by atoms with Gasteiger partial charge in [0.1, 0.15) is 6.33 Å². The highest BCUT2D eigenvalue weighted by molar-refractivity contribution is 5.46. The van der Waals surface area contributed by atoms with Gasteiger partial charge in [-0.2, -0.15) is 10.1 Å². The minimum Gasteiger partial charge on any atom is -0.494 e. The van der Waals surface area contributed by atoms with Crippen LogP contribution in [0, 0.1) is 27.6 Å². The SMILES string of the molecule is CC(CC(C)(C)C)C(C)(C)C(C)(C)CC(C)(c1cc(O)n(-c2ncn[nH]2)c1O)C(C)(C)C. The second-order valence-corrected chi connectivity index (χ2v) is 13.4. The van der Waals surface area contributed by atoms with Crippen molar-refractivity contribution in [1.82, 2.24) is 19.7 Å². The van der Waals surface area contributed by atoms with E-state index < -0.39 is 5.41 Å². The molecule has 0 amide bonds. The fourth-order valence-electron chi connectivity index (χ4n) is 5.13. The van der Waals surface area contributed by atoms with E-state index in [2.05, 4.69) is 98.3 Å². The Morgan fingerprint density at radius 2 is 1.53 bits per heavy atom. The Hall–Kier alpha value is -1.98. The molecule has 0 aliphatic heterocycles. The third-order valence-electron chi connectivity index (χ3n) is 8.51. The van der Waals surface area contributed by atoms with Crippen molar-refractivity contribution in [2.24, 2.45) is 27.6 Å². The molecule has 0 fully saturated rings. The van der Waals surface area contributed by atoms with Crippen LogP contribution in [-0.4, -0.2) is 30.0 Å². The summed E-state index contributed by atoms with van der Waals surface area (Å²) < 4.78 is 1.33. The van der Waals surface area contributed by atoms with Crippen LogP contribution in [0.25, 0.3) is 5.95 Å². The molecule has 32 heavy (non-hydrogen) atoms. The number of aromatic nitrogens is 4. The zero-order valence-corrected chi connectivity index (χ0v) is 22.4. The lowest BCUT2D eigenvalue weighted by atomic mass is 9.50. The average molecular weight is 447 g/mol. The van der Waals surface area contributed by atoms with Gasteiger partial charge in [0.15, 0.2) is 0 Å². The van der Waals surface area contributed by atoms with Crippen molar-refractivity contribution >= 4 is 0 Å². The van der Waals surface area contributed by atoms with Gasteiger partial charge in [-0.3, -0.25) is 0 Å². The summed E-state index contributed by atoms with van der Waals surface area (Å²) in [5.74, 6) is 0.763. The van der Waals surface area contributed by atoms with E-state index in [1.54, 1.807) is 6.07 Å². The summed E-state index contributed by atoms with van der Waals surface area (Å²) in [6.45, 7) is 27.6. The van der Waals surface area contributed by atoms with Gasteiger partial charge in [0, 0.05) is 17.0 Å². The highest BCUT2D eigenvalue weighted by Crippen LogP contribution is 2.58. The predicted molar refractivity (Wildman–Crippen MR) is 131 cm³/mol. The molecule has 0 bridgehead atoms. The molecule has 182 valence electrons. The fourth-order valence-corrected chi connectivity index (χ4v) is 5.13. The lowest BCUT2D eigenvalue weighted by Gasteiger charge is -2.54. The van der Waals surface area contributed by atoms with Gasteiger partial charge >= 0.3 is 0 Å². The highest BCUT2D eigenvalue weighted by atomic mass is 16.3. The normalized spacial score (nSPS) is 16.8. The Kier molecular flexibility index (Phi) is 6.65. The Morgan fingerprint density at radius 3 is 1.97 bits per heavy atom. The fraction of sp³-hybridized carbons (Fsp3) is 0.769. The molecule has 0 saturated carbocycles. The van der Waals surface area contributed by atoms with Crippen LogP contribution in [-0.2, 0) is 5.41 Å². The molecule has 2 heterocycles. The van der Waals surface area contributed by atoms with Gasteiger partial charge < -0.3 is 10.2 Å². The smallest absolute Gasteiger partial charge is 0.235 e. The van der Waals surface area contributed by atoms with Crippen molar-refractivity contribution in [2.75, 3.05) is 0 Å². The van der Waals surface area contributed by atoms with Gasteiger partial charge in [-0.25, -0.2) is 9.67 Å². The van der Waals surface area contributed by atoms with Crippen LogP contribution >= 0.6 is 0 Å². The van der Waals surface area contributed by atoms with E-state index in [1.807, 2.05) is 0 Å². The molecule has 2 rings (SSSR count). The van der Waals surface area contributed by atoms with E-state index in [1.165, 1.54) is 10.9 Å². The Bertz CT molecular complexity index is 911. The first-order chi connectivity index (χ1) is 14.2. The van der Waals surface area contributed by atoms with E-state index in [4.69, 9.17) is 0 Å². The molecule has 2 unspecified atom stereocenters. The number of aromatic hydroxyl groups is 2. The van der Waals surface area contributed by atoms with Crippen LogP contribution < -0.4 is 0 Å². The van der Waals surface area contributed by atoms with E-state index in [-0.39, 0.29) is 33.4 Å². The van der Waals surface area contributed by atoms with Crippen LogP contribution in [0.15, 0.2) is 12.4 Å². The molecule has 0 aromatic carbocycles. The molecule has 3 N–H and O–H groups in total. The van der Waals surface area contributed by atoms with Crippen LogP contribution in [0.1, 0.15) is 101 Å². The van der Waals surface area contributed by atoms with E-state index in [9.17, 15) is 10.2 Å².